The number of hydrogen-bond donors (Lipinski definition) is 3. The Hall–Kier alpha value is -2.89. The third kappa shape index (κ3) is 2.18. The molecule has 0 aliphatic carbocycles. The van der Waals surface area contributed by atoms with Gasteiger partial charge in [0.2, 0.25) is 0 Å². The van der Waals surface area contributed by atoms with E-state index in [2.05, 4.69) is 44.3 Å². The smallest absolute Gasteiger partial charge is 0.140 e. The number of anilines is 2. The second-order valence-corrected chi connectivity index (χ2v) is 5.04. The predicted molar refractivity (Wildman–Crippen MR) is 90.6 cm³/mol. The number of nitrogen functional groups attached to an aromatic ring is 1. The van der Waals surface area contributed by atoms with Crippen LogP contribution in [0.4, 0.5) is 11.6 Å². The molecule has 4 N–H and O–H groups in total. The summed E-state index contributed by atoms with van der Waals surface area (Å²) in [5.41, 5.74) is 10.8. The van der Waals surface area contributed by atoms with Gasteiger partial charge in [0.15, 0.2) is 0 Å². The Balaban J connectivity index is 2.19. The molecule has 0 saturated heterocycles. The molecule has 3 rings (SSSR count). The summed E-state index contributed by atoms with van der Waals surface area (Å²) in [6.45, 7) is 2.08. The van der Waals surface area contributed by atoms with Gasteiger partial charge in [-0.2, -0.15) is 0 Å². The van der Waals surface area contributed by atoms with Crippen molar-refractivity contribution in [3.8, 4) is 0 Å². The molecule has 0 saturated carbocycles. The van der Waals surface area contributed by atoms with E-state index in [9.17, 15) is 0 Å². The van der Waals surface area contributed by atoms with Crippen molar-refractivity contribution < 1.29 is 0 Å². The molecule has 1 aromatic carbocycles. The molecule has 0 unspecified atom stereocenters. The maximum atomic E-state index is 6.05. The number of aryl methyl sites for hydroxylation is 1. The van der Waals surface area contributed by atoms with Gasteiger partial charge in [-0.3, -0.25) is 4.99 Å². The van der Waals surface area contributed by atoms with E-state index >= 15 is 0 Å². The third-order valence-corrected chi connectivity index (χ3v) is 3.74. The van der Waals surface area contributed by atoms with Crippen molar-refractivity contribution in [2.75, 3.05) is 25.1 Å². The highest BCUT2D eigenvalue weighted by atomic mass is 15.0. The van der Waals surface area contributed by atoms with Crippen LogP contribution in [-0.4, -0.2) is 34.8 Å². The van der Waals surface area contributed by atoms with Gasteiger partial charge in [0.25, 0.3) is 0 Å². The standard InChI is InChI=1S/C16H18N6/c1-9-7-20-12-6-10(4-5-11(9)12)14(18-2)13-15(17)21-8-22-16(13)19-3/h4-8,20H,1-3H3,(H3,17,19,21,22). The SMILES string of the molecule is CN=C(c1ccc2c(C)c[nH]c2c1)c1c(N)ncnc1NC. The Bertz CT molecular complexity index is 862. The van der Waals surface area contributed by atoms with Crippen LogP contribution in [0.15, 0.2) is 35.7 Å². The maximum Gasteiger partial charge on any atom is 0.140 e. The Labute approximate surface area is 128 Å². The van der Waals surface area contributed by atoms with Gasteiger partial charge in [-0.05, 0) is 18.6 Å². The zero-order valence-corrected chi connectivity index (χ0v) is 12.8. The van der Waals surface area contributed by atoms with Crippen LogP contribution < -0.4 is 11.1 Å². The van der Waals surface area contributed by atoms with Crippen molar-refractivity contribution in [1.82, 2.24) is 15.0 Å². The van der Waals surface area contributed by atoms with Gasteiger partial charge in [-0.25, -0.2) is 9.97 Å². The Morgan fingerprint density at radius 1 is 1.32 bits per heavy atom. The second-order valence-electron chi connectivity index (χ2n) is 5.04. The molecule has 0 aliphatic rings. The van der Waals surface area contributed by atoms with E-state index in [4.69, 9.17) is 5.73 Å². The molecule has 0 aliphatic heterocycles. The molecular weight excluding hydrogens is 276 g/mol. The van der Waals surface area contributed by atoms with Gasteiger partial charge in [0.1, 0.15) is 18.0 Å². The van der Waals surface area contributed by atoms with Gasteiger partial charge in [-0.1, -0.05) is 12.1 Å². The lowest BCUT2D eigenvalue weighted by Crippen LogP contribution is -2.13. The highest BCUT2D eigenvalue weighted by Gasteiger charge is 2.17. The van der Waals surface area contributed by atoms with E-state index in [0.717, 1.165) is 22.4 Å². The van der Waals surface area contributed by atoms with E-state index in [1.807, 2.05) is 12.3 Å². The number of fused-ring (bicyclic) bond motifs is 1. The molecule has 3 aromatic rings. The zero-order valence-electron chi connectivity index (χ0n) is 12.8. The molecule has 112 valence electrons. The molecule has 6 heteroatoms. The molecular formula is C16H18N6. The molecule has 0 bridgehead atoms. The van der Waals surface area contributed by atoms with E-state index in [-0.39, 0.29) is 0 Å². The van der Waals surface area contributed by atoms with E-state index in [1.54, 1.807) is 14.1 Å². The number of nitrogens with zero attached hydrogens (tertiary/aromatic N) is 3. The van der Waals surface area contributed by atoms with Gasteiger partial charge >= 0.3 is 0 Å². The molecule has 0 spiro atoms. The van der Waals surface area contributed by atoms with Crippen molar-refractivity contribution in [2.45, 2.75) is 6.92 Å². The third-order valence-electron chi connectivity index (χ3n) is 3.74. The lowest BCUT2D eigenvalue weighted by Gasteiger charge is -2.12. The van der Waals surface area contributed by atoms with Crippen LogP contribution in [0.1, 0.15) is 16.7 Å². The normalized spacial score (nSPS) is 11.9. The zero-order chi connectivity index (χ0) is 15.7. The number of benzene rings is 1. The van der Waals surface area contributed by atoms with Gasteiger partial charge in [0.05, 0.1) is 11.3 Å². The fraction of sp³-hybridized carbons (Fsp3) is 0.188. The Morgan fingerprint density at radius 2 is 2.14 bits per heavy atom. The number of aliphatic imine (C=N–C) groups is 1. The van der Waals surface area contributed by atoms with Crippen LogP contribution in [0.3, 0.4) is 0 Å². The van der Waals surface area contributed by atoms with Crippen LogP contribution in [0, 0.1) is 6.92 Å². The lowest BCUT2D eigenvalue weighted by molar-refractivity contribution is 1.16. The summed E-state index contributed by atoms with van der Waals surface area (Å²) < 4.78 is 0. The topological polar surface area (TPSA) is 92.0 Å². The summed E-state index contributed by atoms with van der Waals surface area (Å²) in [5.74, 6) is 1.07. The van der Waals surface area contributed by atoms with Crippen LogP contribution in [0.25, 0.3) is 10.9 Å². The summed E-state index contributed by atoms with van der Waals surface area (Å²) in [6, 6.07) is 6.19. The predicted octanol–water partition coefficient (Wildman–Crippen LogP) is 2.36. The first-order chi connectivity index (χ1) is 10.7. The number of hydrogen-bond acceptors (Lipinski definition) is 5. The van der Waals surface area contributed by atoms with E-state index in [0.29, 0.717) is 11.6 Å². The number of aromatic amines is 1. The molecule has 22 heavy (non-hydrogen) atoms. The van der Waals surface area contributed by atoms with Gasteiger partial charge < -0.3 is 16.0 Å². The average Bonchev–Trinajstić information content (AvgIpc) is 2.90. The van der Waals surface area contributed by atoms with Crippen LogP contribution in [0.2, 0.25) is 0 Å². The average molecular weight is 294 g/mol. The molecule has 0 amide bonds. The number of nitrogens with two attached hydrogens (primary N) is 1. The van der Waals surface area contributed by atoms with Crippen molar-refractivity contribution in [1.29, 1.82) is 0 Å². The maximum absolute atomic E-state index is 6.05. The quantitative estimate of drug-likeness (QED) is 0.647. The molecule has 0 radical (unpaired) electrons. The van der Waals surface area contributed by atoms with Crippen molar-refractivity contribution >= 4 is 28.3 Å². The largest absolute Gasteiger partial charge is 0.383 e. The number of rotatable bonds is 3. The van der Waals surface area contributed by atoms with Crippen LogP contribution in [0.5, 0.6) is 0 Å². The highest BCUT2D eigenvalue weighted by Crippen LogP contribution is 2.25. The molecule has 0 fully saturated rings. The highest BCUT2D eigenvalue weighted by molar-refractivity contribution is 6.18. The lowest BCUT2D eigenvalue weighted by atomic mass is 10.0. The van der Waals surface area contributed by atoms with Gasteiger partial charge in [0, 0.05) is 36.8 Å². The minimum absolute atomic E-state index is 0.405. The molecule has 6 nitrogen and oxygen atoms in total. The van der Waals surface area contributed by atoms with E-state index < -0.39 is 0 Å². The second kappa shape index (κ2) is 5.48. The van der Waals surface area contributed by atoms with Crippen molar-refractivity contribution in [3.63, 3.8) is 0 Å². The summed E-state index contributed by atoms with van der Waals surface area (Å²) in [5, 5.41) is 4.24. The summed E-state index contributed by atoms with van der Waals surface area (Å²) in [6.07, 6.45) is 3.44. The molecule has 2 aromatic heterocycles. The molecule has 0 atom stereocenters. The number of nitrogens with one attached hydrogen (secondary N) is 2. The first-order valence-corrected chi connectivity index (χ1v) is 6.99. The van der Waals surface area contributed by atoms with Crippen molar-refractivity contribution in [3.05, 3.63) is 47.4 Å². The fourth-order valence-electron chi connectivity index (χ4n) is 2.63. The monoisotopic (exact) mass is 294 g/mol. The van der Waals surface area contributed by atoms with E-state index in [1.165, 1.54) is 17.3 Å². The van der Waals surface area contributed by atoms with Crippen LogP contribution in [-0.2, 0) is 0 Å². The summed E-state index contributed by atoms with van der Waals surface area (Å²) in [4.78, 5) is 16.0. The first kappa shape index (κ1) is 14.1. The first-order valence-electron chi connectivity index (χ1n) is 6.99. The Kier molecular flexibility index (Phi) is 3.50. The summed E-state index contributed by atoms with van der Waals surface area (Å²) in [7, 11) is 3.54. The summed E-state index contributed by atoms with van der Waals surface area (Å²) >= 11 is 0. The van der Waals surface area contributed by atoms with Gasteiger partial charge in [-0.15, -0.1) is 0 Å². The fourth-order valence-corrected chi connectivity index (χ4v) is 2.63. The molecule has 2 heterocycles. The minimum Gasteiger partial charge on any atom is -0.383 e. The Morgan fingerprint density at radius 3 is 2.86 bits per heavy atom. The van der Waals surface area contributed by atoms with Crippen molar-refractivity contribution in [2.24, 2.45) is 4.99 Å². The minimum atomic E-state index is 0.405. The number of H-pyrrole nitrogens is 1. The van der Waals surface area contributed by atoms with Crippen LogP contribution >= 0.6 is 0 Å². The number of aromatic nitrogens is 3.